The molecule has 3 rings (SSSR count). The Kier molecular flexibility index (Phi) is 4.97. The van der Waals surface area contributed by atoms with E-state index in [1.165, 1.54) is 38.2 Å². The lowest BCUT2D eigenvalue weighted by Gasteiger charge is -2.23. The average Bonchev–Trinajstić information content (AvgIpc) is 2.88. The lowest BCUT2D eigenvalue weighted by molar-refractivity contribution is 0.167. The van der Waals surface area contributed by atoms with Crippen LogP contribution < -0.4 is 10.4 Å². The maximum atomic E-state index is 11.2. The summed E-state index contributed by atoms with van der Waals surface area (Å²) in [5, 5.41) is 2.84. The SMILES string of the molecule is C[Si](C)(C)c1ccc2c(c1)Cc1c-2ccc([Si](C)(C)C)c1COC(=O)Cl. The zero-order valence-corrected chi connectivity index (χ0v) is 19.3. The molecule has 0 radical (unpaired) electrons. The Morgan fingerprint density at radius 1 is 1.00 bits per heavy atom. The van der Waals surface area contributed by atoms with Crippen molar-refractivity contribution in [2.24, 2.45) is 0 Å². The van der Waals surface area contributed by atoms with Gasteiger partial charge in [-0.25, -0.2) is 4.79 Å². The van der Waals surface area contributed by atoms with Crippen LogP contribution in [0, 0.1) is 0 Å². The molecule has 0 amide bonds. The van der Waals surface area contributed by atoms with Crippen LogP contribution in [-0.2, 0) is 17.8 Å². The van der Waals surface area contributed by atoms with Gasteiger partial charge in [0.2, 0.25) is 0 Å². The second-order valence-corrected chi connectivity index (χ2v) is 19.6. The number of carbonyl (C=O) groups is 1. The molecule has 2 aromatic rings. The molecule has 0 aliphatic heterocycles. The molecule has 2 nitrogen and oxygen atoms in total. The Morgan fingerprint density at radius 2 is 1.65 bits per heavy atom. The summed E-state index contributed by atoms with van der Waals surface area (Å²) in [7, 11) is -2.91. The van der Waals surface area contributed by atoms with Crippen LogP contribution in [0.4, 0.5) is 4.79 Å². The van der Waals surface area contributed by atoms with E-state index in [4.69, 9.17) is 16.3 Å². The van der Waals surface area contributed by atoms with Gasteiger partial charge in [0.15, 0.2) is 0 Å². The quantitative estimate of drug-likeness (QED) is 0.441. The summed E-state index contributed by atoms with van der Waals surface area (Å²) in [6.07, 6.45) is 0.913. The van der Waals surface area contributed by atoms with Gasteiger partial charge >= 0.3 is 5.43 Å². The third-order valence-corrected chi connectivity index (χ3v) is 9.43. The van der Waals surface area contributed by atoms with Gasteiger partial charge in [-0.15, -0.1) is 0 Å². The van der Waals surface area contributed by atoms with Crippen molar-refractivity contribution in [1.29, 1.82) is 0 Å². The molecular weight excluding hydrogens is 376 g/mol. The van der Waals surface area contributed by atoms with Crippen molar-refractivity contribution in [3.8, 4) is 11.1 Å². The maximum absolute atomic E-state index is 11.2. The Morgan fingerprint density at radius 3 is 2.23 bits per heavy atom. The second-order valence-electron chi connectivity index (χ2n) is 9.19. The van der Waals surface area contributed by atoms with Crippen molar-refractivity contribution in [1.82, 2.24) is 0 Å². The van der Waals surface area contributed by atoms with E-state index >= 15 is 0 Å². The fourth-order valence-corrected chi connectivity index (χ4v) is 6.76. The number of ether oxygens (including phenoxy) is 1. The smallest absolute Gasteiger partial charge is 0.404 e. The standard InChI is InChI=1S/C21H27ClO2Si2/c1-25(2,3)15-7-8-16-14(11-15)12-18-17(16)9-10-20(26(4,5)6)19(18)13-24-21(22)23/h7-11H,12-13H2,1-6H3. The first kappa shape index (κ1) is 19.4. The summed E-state index contributed by atoms with van der Waals surface area (Å²) in [6.45, 7) is 14.4. The van der Waals surface area contributed by atoms with E-state index < -0.39 is 21.6 Å². The van der Waals surface area contributed by atoms with E-state index in [1.54, 1.807) is 0 Å². The molecule has 0 saturated carbocycles. The molecule has 0 atom stereocenters. The summed E-state index contributed by atoms with van der Waals surface area (Å²) in [5.74, 6) is 0. The average molecular weight is 403 g/mol. The summed E-state index contributed by atoms with van der Waals surface area (Å²) in [5.41, 5.74) is 5.74. The molecule has 0 N–H and O–H groups in total. The molecule has 138 valence electrons. The molecule has 0 unspecified atom stereocenters. The van der Waals surface area contributed by atoms with Gasteiger partial charge in [-0.2, -0.15) is 0 Å². The molecule has 1 aliphatic rings. The highest BCUT2D eigenvalue weighted by Gasteiger charge is 2.29. The largest absolute Gasteiger partial charge is 0.449 e. The molecule has 0 saturated heterocycles. The van der Waals surface area contributed by atoms with Crippen LogP contribution in [0.15, 0.2) is 30.3 Å². The number of fused-ring (bicyclic) bond motifs is 3. The van der Waals surface area contributed by atoms with Crippen LogP contribution >= 0.6 is 11.6 Å². The van der Waals surface area contributed by atoms with Crippen molar-refractivity contribution in [3.05, 3.63) is 47.0 Å². The molecule has 2 aromatic carbocycles. The Labute approximate surface area is 163 Å². The minimum absolute atomic E-state index is 0.264. The topological polar surface area (TPSA) is 26.3 Å². The molecule has 26 heavy (non-hydrogen) atoms. The van der Waals surface area contributed by atoms with Crippen LogP contribution in [0.2, 0.25) is 39.3 Å². The van der Waals surface area contributed by atoms with Gasteiger partial charge in [0.25, 0.3) is 0 Å². The molecular formula is C21H27ClO2Si2. The first-order valence-electron chi connectivity index (χ1n) is 9.10. The normalized spacial score (nSPS) is 13.3. The lowest BCUT2D eigenvalue weighted by atomic mass is 10.0. The van der Waals surface area contributed by atoms with E-state index in [9.17, 15) is 4.79 Å². The van der Waals surface area contributed by atoms with E-state index in [2.05, 4.69) is 69.6 Å². The van der Waals surface area contributed by atoms with Crippen LogP contribution in [0.25, 0.3) is 11.1 Å². The lowest BCUT2D eigenvalue weighted by Crippen LogP contribution is -2.41. The van der Waals surface area contributed by atoms with Gasteiger partial charge in [-0.05, 0) is 34.2 Å². The number of carbonyl (C=O) groups excluding carboxylic acids is 1. The third kappa shape index (κ3) is 3.68. The predicted octanol–water partition coefficient (Wildman–Crippen LogP) is 5.22. The Bertz CT molecular complexity index is 877. The number of hydrogen-bond donors (Lipinski definition) is 0. The van der Waals surface area contributed by atoms with Crippen LogP contribution in [0.1, 0.15) is 16.7 Å². The van der Waals surface area contributed by atoms with Gasteiger partial charge in [0.05, 0.1) is 16.1 Å². The van der Waals surface area contributed by atoms with Crippen molar-refractivity contribution in [2.75, 3.05) is 0 Å². The van der Waals surface area contributed by atoms with E-state index in [-0.39, 0.29) is 6.61 Å². The van der Waals surface area contributed by atoms with Crippen molar-refractivity contribution < 1.29 is 9.53 Å². The zero-order valence-electron chi connectivity index (χ0n) is 16.5. The summed E-state index contributed by atoms with van der Waals surface area (Å²) >= 11 is 5.46. The summed E-state index contributed by atoms with van der Waals surface area (Å²) in [4.78, 5) is 11.2. The summed E-state index contributed by atoms with van der Waals surface area (Å²) in [6, 6.07) is 11.5. The monoisotopic (exact) mass is 402 g/mol. The van der Waals surface area contributed by atoms with Gasteiger partial charge in [-0.1, -0.05) is 80.0 Å². The first-order chi connectivity index (χ1) is 12.0. The van der Waals surface area contributed by atoms with E-state index in [0.717, 1.165) is 6.42 Å². The molecule has 0 bridgehead atoms. The highest BCUT2D eigenvalue weighted by molar-refractivity contribution is 6.89. The molecule has 0 aromatic heterocycles. The number of halogens is 1. The third-order valence-electron chi connectivity index (χ3n) is 5.20. The van der Waals surface area contributed by atoms with E-state index in [1.807, 2.05) is 0 Å². The van der Waals surface area contributed by atoms with Gasteiger partial charge in [0, 0.05) is 11.6 Å². The van der Waals surface area contributed by atoms with Crippen LogP contribution in [0.3, 0.4) is 0 Å². The van der Waals surface area contributed by atoms with E-state index in [0.29, 0.717) is 0 Å². The Hall–Kier alpha value is -1.37. The summed E-state index contributed by atoms with van der Waals surface area (Å²) < 4.78 is 5.22. The molecule has 0 fully saturated rings. The minimum atomic E-state index is -1.56. The second kappa shape index (κ2) is 6.66. The molecule has 1 aliphatic carbocycles. The predicted molar refractivity (Wildman–Crippen MR) is 117 cm³/mol. The fraction of sp³-hybridized carbons (Fsp3) is 0.381. The van der Waals surface area contributed by atoms with Crippen LogP contribution in [-0.4, -0.2) is 21.6 Å². The number of rotatable bonds is 4. The van der Waals surface area contributed by atoms with Crippen molar-refractivity contribution in [2.45, 2.75) is 52.3 Å². The molecule has 0 heterocycles. The number of benzene rings is 2. The minimum Gasteiger partial charge on any atom is -0.449 e. The Balaban J connectivity index is 2.12. The first-order valence-corrected chi connectivity index (χ1v) is 16.5. The van der Waals surface area contributed by atoms with Crippen molar-refractivity contribution in [3.63, 3.8) is 0 Å². The maximum Gasteiger partial charge on any atom is 0.404 e. The van der Waals surface area contributed by atoms with Gasteiger partial charge in [0.1, 0.15) is 6.61 Å². The number of hydrogen-bond acceptors (Lipinski definition) is 2. The fourth-order valence-electron chi connectivity index (χ4n) is 3.80. The van der Waals surface area contributed by atoms with Crippen molar-refractivity contribution >= 4 is 43.6 Å². The zero-order chi connectivity index (χ0) is 19.3. The van der Waals surface area contributed by atoms with Gasteiger partial charge in [-0.3, -0.25) is 0 Å². The highest BCUT2D eigenvalue weighted by atomic mass is 35.5. The highest BCUT2D eigenvalue weighted by Crippen LogP contribution is 2.38. The van der Waals surface area contributed by atoms with Gasteiger partial charge < -0.3 is 4.74 Å². The molecule has 5 heteroatoms. The van der Waals surface area contributed by atoms with Crippen LogP contribution in [0.5, 0.6) is 0 Å². The molecule has 0 spiro atoms.